The molecule has 1 heterocycles. The summed E-state index contributed by atoms with van der Waals surface area (Å²) in [5.74, 6) is -0.165. The first-order valence-corrected chi connectivity index (χ1v) is 6.08. The van der Waals surface area contributed by atoms with E-state index < -0.39 is 0 Å². The first kappa shape index (κ1) is 12.5. The van der Waals surface area contributed by atoms with Crippen LogP contribution in [0.3, 0.4) is 0 Å². The second-order valence-corrected chi connectivity index (χ2v) is 4.47. The molecule has 1 aromatic carbocycles. The molecule has 94 valence electrons. The van der Waals surface area contributed by atoms with Gasteiger partial charge in [-0.25, -0.2) is 4.39 Å². The Labute approximate surface area is 101 Å². The number of aliphatic hydroxyl groups is 1. The summed E-state index contributed by atoms with van der Waals surface area (Å²) in [6.07, 6.45) is 0. The molecule has 2 rings (SSSR count). The maximum absolute atomic E-state index is 13.0. The molecule has 0 bridgehead atoms. The van der Waals surface area contributed by atoms with Gasteiger partial charge in [0.1, 0.15) is 5.82 Å². The lowest BCUT2D eigenvalue weighted by atomic mass is 10.2. The van der Waals surface area contributed by atoms with Gasteiger partial charge in [-0.15, -0.1) is 0 Å². The van der Waals surface area contributed by atoms with E-state index in [0.717, 1.165) is 44.8 Å². The fraction of sp³-hybridized carbons (Fsp3) is 0.538. The van der Waals surface area contributed by atoms with Crippen molar-refractivity contribution in [1.29, 1.82) is 0 Å². The van der Waals surface area contributed by atoms with E-state index in [9.17, 15) is 4.39 Å². The van der Waals surface area contributed by atoms with Crippen LogP contribution in [0.5, 0.6) is 0 Å². The smallest absolute Gasteiger partial charge is 0.123 e. The van der Waals surface area contributed by atoms with Gasteiger partial charge < -0.3 is 5.11 Å². The van der Waals surface area contributed by atoms with Gasteiger partial charge in [0, 0.05) is 39.3 Å². The van der Waals surface area contributed by atoms with E-state index >= 15 is 0 Å². The van der Waals surface area contributed by atoms with Gasteiger partial charge in [-0.1, -0.05) is 12.1 Å². The third kappa shape index (κ3) is 3.77. The van der Waals surface area contributed by atoms with Crippen LogP contribution >= 0.6 is 0 Å². The molecule has 4 heteroatoms. The Morgan fingerprint density at radius 1 is 1.12 bits per heavy atom. The molecule has 1 aromatic rings. The Hall–Kier alpha value is -0.970. The van der Waals surface area contributed by atoms with Crippen molar-refractivity contribution >= 4 is 0 Å². The van der Waals surface area contributed by atoms with E-state index in [0.29, 0.717) is 0 Å². The quantitative estimate of drug-likeness (QED) is 0.845. The second-order valence-electron chi connectivity index (χ2n) is 4.47. The molecule has 0 aromatic heterocycles. The molecule has 1 saturated heterocycles. The summed E-state index contributed by atoms with van der Waals surface area (Å²) in [7, 11) is 0. The normalized spacial score (nSPS) is 18.5. The first-order valence-electron chi connectivity index (χ1n) is 6.08. The standard InChI is InChI=1S/C13H19FN2O/c14-13-3-1-2-12(10-13)11-16-6-4-15(5-7-16)8-9-17/h1-3,10,17H,4-9,11H2. The summed E-state index contributed by atoms with van der Waals surface area (Å²) in [4.78, 5) is 4.57. The zero-order valence-electron chi connectivity index (χ0n) is 9.98. The minimum Gasteiger partial charge on any atom is -0.395 e. The molecule has 0 aliphatic carbocycles. The molecule has 1 aliphatic rings. The minimum atomic E-state index is -0.165. The second kappa shape index (κ2) is 6.10. The number of piperazine rings is 1. The lowest BCUT2D eigenvalue weighted by Crippen LogP contribution is -2.46. The number of hydrogen-bond donors (Lipinski definition) is 1. The number of hydrogen-bond acceptors (Lipinski definition) is 3. The van der Waals surface area contributed by atoms with Crippen molar-refractivity contribution < 1.29 is 9.50 Å². The Bertz CT molecular complexity index is 351. The van der Waals surface area contributed by atoms with E-state index in [1.54, 1.807) is 12.1 Å². The summed E-state index contributed by atoms with van der Waals surface area (Å²) in [6, 6.07) is 6.79. The molecule has 0 amide bonds. The molecule has 1 fully saturated rings. The fourth-order valence-corrected chi connectivity index (χ4v) is 2.21. The third-order valence-electron chi connectivity index (χ3n) is 3.18. The predicted molar refractivity (Wildman–Crippen MR) is 65.2 cm³/mol. The minimum absolute atomic E-state index is 0.165. The molecular weight excluding hydrogens is 219 g/mol. The van der Waals surface area contributed by atoms with Crippen LogP contribution in [0.25, 0.3) is 0 Å². The van der Waals surface area contributed by atoms with E-state index in [1.165, 1.54) is 6.07 Å². The van der Waals surface area contributed by atoms with Crippen molar-refractivity contribution in [1.82, 2.24) is 9.80 Å². The van der Waals surface area contributed by atoms with Gasteiger partial charge in [-0.05, 0) is 17.7 Å². The lowest BCUT2D eigenvalue weighted by molar-refractivity contribution is 0.108. The average molecular weight is 238 g/mol. The molecule has 1 N–H and O–H groups in total. The Morgan fingerprint density at radius 2 is 1.82 bits per heavy atom. The molecule has 0 saturated carbocycles. The molecule has 1 aliphatic heterocycles. The highest BCUT2D eigenvalue weighted by molar-refractivity contribution is 5.16. The van der Waals surface area contributed by atoms with Crippen LogP contribution in [0.2, 0.25) is 0 Å². The molecule has 3 nitrogen and oxygen atoms in total. The average Bonchev–Trinajstić information content (AvgIpc) is 2.32. The van der Waals surface area contributed by atoms with E-state index in [4.69, 9.17) is 5.11 Å². The van der Waals surface area contributed by atoms with Crippen LogP contribution in [0.4, 0.5) is 4.39 Å². The van der Waals surface area contributed by atoms with E-state index in [-0.39, 0.29) is 12.4 Å². The van der Waals surface area contributed by atoms with Crippen LogP contribution in [0.1, 0.15) is 5.56 Å². The van der Waals surface area contributed by atoms with Gasteiger partial charge in [-0.3, -0.25) is 9.80 Å². The molecule has 17 heavy (non-hydrogen) atoms. The summed E-state index contributed by atoms with van der Waals surface area (Å²) in [5.41, 5.74) is 1.03. The highest BCUT2D eigenvalue weighted by Crippen LogP contribution is 2.09. The number of aliphatic hydroxyl groups excluding tert-OH is 1. The van der Waals surface area contributed by atoms with Gasteiger partial charge in [-0.2, -0.15) is 0 Å². The highest BCUT2D eigenvalue weighted by Gasteiger charge is 2.16. The maximum atomic E-state index is 13.0. The van der Waals surface area contributed by atoms with E-state index in [1.807, 2.05) is 6.07 Å². The predicted octanol–water partition coefficient (Wildman–Crippen LogP) is 0.936. The molecule has 0 unspecified atom stereocenters. The Balaban J connectivity index is 1.82. The van der Waals surface area contributed by atoms with Crippen molar-refractivity contribution in [3.05, 3.63) is 35.6 Å². The fourth-order valence-electron chi connectivity index (χ4n) is 2.21. The summed E-state index contributed by atoms with van der Waals surface area (Å²) >= 11 is 0. The Morgan fingerprint density at radius 3 is 2.47 bits per heavy atom. The largest absolute Gasteiger partial charge is 0.395 e. The van der Waals surface area contributed by atoms with E-state index in [2.05, 4.69) is 9.80 Å². The molecular formula is C13H19FN2O. The topological polar surface area (TPSA) is 26.7 Å². The number of nitrogens with zero attached hydrogens (tertiary/aromatic N) is 2. The van der Waals surface area contributed by atoms with Crippen LogP contribution in [0, 0.1) is 5.82 Å². The van der Waals surface area contributed by atoms with Crippen LogP contribution < -0.4 is 0 Å². The zero-order valence-corrected chi connectivity index (χ0v) is 9.98. The van der Waals surface area contributed by atoms with Gasteiger partial charge in [0.15, 0.2) is 0 Å². The summed E-state index contributed by atoms with van der Waals surface area (Å²) in [6.45, 7) is 5.72. The van der Waals surface area contributed by atoms with Crippen molar-refractivity contribution in [2.45, 2.75) is 6.54 Å². The zero-order chi connectivity index (χ0) is 12.1. The van der Waals surface area contributed by atoms with Gasteiger partial charge >= 0.3 is 0 Å². The first-order chi connectivity index (χ1) is 8.28. The number of halogens is 1. The lowest BCUT2D eigenvalue weighted by Gasteiger charge is -2.34. The van der Waals surface area contributed by atoms with Crippen molar-refractivity contribution in [2.75, 3.05) is 39.3 Å². The summed E-state index contributed by atoms with van der Waals surface area (Å²) in [5, 5.41) is 8.85. The SMILES string of the molecule is OCCN1CCN(Cc2cccc(F)c2)CC1. The third-order valence-corrected chi connectivity index (χ3v) is 3.18. The molecule has 0 atom stereocenters. The number of rotatable bonds is 4. The van der Waals surface area contributed by atoms with Crippen molar-refractivity contribution in [2.24, 2.45) is 0 Å². The molecule has 0 radical (unpaired) electrons. The van der Waals surface area contributed by atoms with Crippen molar-refractivity contribution in [3.8, 4) is 0 Å². The van der Waals surface area contributed by atoms with Gasteiger partial charge in [0.25, 0.3) is 0 Å². The molecule has 0 spiro atoms. The van der Waals surface area contributed by atoms with Crippen LogP contribution in [-0.2, 0) is 6.54 Å². The van der Waals surface area contributed by atoms with Crippen LogP contribution in [-0.4, -0.2) is 54.2 Å². The highest BCUT2D eigenvalue weighted by atomic mass is 19.1. The van der Waals surface area contributed by atoms with Gasteiger partial charge in [0.2, 0.25) is 0 Å². The van der Waals surface area contributed by atoms with Gasteiger partial charge in [0.05, 0.1) is 6.61 Å². The number of β-amino-alcohol motifs (C(OH)–C–C–N with tert-alkyl or cyclic N) is 1. The van der Waals surface area contributed by atoms with Crippen LogP contribution in [0.15, 0.2) is 24.3 Å². The van der Waals surface area contributed by atoms with Crippen molar-refractivity contribution in [3.63, 3.8) is 0 Å². The summed E-state index contributed by atoms with van der Waals surface area (Å²) < 4.78 is 13.0. The monoisotopic (exact) mass is 238 g/mol. The Kier molecular flexibility index (Phi) is 4.48. The maximum Gasteiger partial charge on any atom is 0.123 e. The number of benzene rings is 1.